The Morgan fingerprint density at radius 2 is 1.81 bits per heavy atom. The number of benzene rings is 2. The van der Waals surface area contributed by atoms with Crippen LogP contribution in [-0.2, 0) is 11.3 Å². The van der Waals surface area contributed by atoms with E-state index in [0.717, 1.165) is 11.1 Å². The van der Waals surface area contributed by atoms with Crippen LogP contribution in [0.4, 0.5) is 4.79 Å². The first-order valence-electron chi connectivity index (χ1n) is 8.64. The molecule has 2 aromatic rings. The number of halogens is 2. The van der Waals surface area contributed by atoms with Crippen LogP contribution in [0.3, 0.4) is 0 Å². The first-order chi connectivity index (χ1) is 12.9. The van der Waals surface area contributed by atoms with E-state index >= 15 is 0 Å². The first kappa shape index (κ1) is 21.1. The molecule has 0 aromatic heterocycles. The highest BCUT2D eigenvalue weighted by Gasteiger charge is 2.14. The minimum atomic E-state index is -0.251. The van der Waals surface area contributed by atoms with Gasteiger partial charge in [0.1, 0.15) is 0 Å². The molecule has 0 aliphatic carbocycles. The fraction of sp³-hybridized carbons (Fsp3) is 0.300. The van der Waals surface area contributed by atoms with Crippen molar-refractivity contribution in [3.05, 3.63) is 69.7 Å². The molecule has 0 bridgehead atoms. The summed E-state index contributed by atoms with van der Waals surface area (Å²) in [4.78, 5) is 25.8. The summed E-state index contributed by atoms with van der Waals surface area (Å²) in [6, 6.07) is 14.4. The van der Waals surface area contributed by atoms with Crippen LogP contribution in [0, 0.1) is 0 Å². The Morgan fingerprint density at radius 3 is 2.48 bits per heavy atom. The standard InChI is InChI=1S/C20H23Cl2N3O2/c1-14(17-9-8-16(21)12-18(17)22)24-19(26)10-11-23-20(27)25(2)13-15-6-4-3-5-7-15/h3-9,12,14H,10-11,13H2,1-2H3,(H,23,27)(H,24,26). The maximum Gasteiger partial charge on any atom is 0.317 e. The van der Waals surface area contributed by atoms with Gasteiger partial charge in [-0.2, -0.15) is 0 Å². The molecule has 2 N–H and O–H groups in total. The van der Waals surface area contributed by atoms with Crippen molar-refractivity contribution in [1.29, 1.82) is 0 Å². The molecule has 144 valence electrons. The number of rotatable bonds is 7. The van der Waals surface area contributed by atoms with Crippen LogP contribution in [-0.4, -0.2) is 30.4 Å². The lowest BCUT2D eigenvalue weighted by Crippen LogP contribution is -2.39. The van der Waals surface area contributed by atoms with Gasteiger partial charge in [-0.15, -0.1) is 0 Å². The summed E-state index contributed by atoms with van der Waals surface area (Å²) < 4.78 is 0. The third kappa shape index (κ3) is 6.77. The fourth-order valence-corrected chi connectivity index (χ4v) is 3.16. The summed E-state index contributed by atoms with van der Waals surface area (Å²) in [5.41, 5.74) is 1.84. The van der Waals surface area contributed by atoms with Crippen LogP contribution < -0.4 is 10.6 Å². The molecule has 0 saturated carbocycles. The van der Waals surface area contributed by atoms with Gasteiger partial charge in [0.25, 0.3) is 0 Å². The van der Waals surface area contributed by atoms with Gasteiger partial charge in [-0.05, 0) is 30.2 Å². The zero-order valence-electron chi connectivity index (χ0n) is 15.3. The molecule has 2 rings (SSSR count). The molecule has 1 unspecified atom stereocenters. The van der Waals surface area contributed by atoms with Crippen LogP contribution >= 0.6 is 23.2 Å². The van der Waals surface area contributed by atoms with Crippen LogP contribution in [0.1, 0.15) is 30.5 Å². The van der Waals surface area contributed by atoms with Crippen molar-refractivity contribution in [3.8, 4) is 0 Å². The van der Waals surface area contributed by atoms with E-state index in [4.69, 9.17) is 23.2 Å². The zero-order valence-corrected chi connectivity index (χ0v) is 16.8. The average Bonchev–Trinajstić information content (AvgIpc) is 2.62. The van der Waals surface area contributed by atoms with Crippen LogP contribution in [0.25, 0.3) is 0 Å². The summed E-state index contributed by atoms with van der Waals surface area (Å²) in [6.07, 6.45) is 0.181. The number of urea groups is 1. The van der Waals surface area contributed by atoms with E-state index in [9.17, 15) is 9.59 Å². The highest BCUT2D eigenvalue weighted by atomic mass is 35.5. The van der Waals surface area contributed by atoms with E-state index in [0.29, 0.717) is 16.6 Å². The normalized spacial score (nSPS) is 11.6. The van der Waals surface area contributed by atoms with E-state index in [1.807, 2.05) is 37.3 Å². The van der Waals surface area contributed by atoms with Crippen LogP contribution in [0.2, 0.25) is 10.0 Å². The van der Waals surface area contributed by atoms with E-state index < -0.39 is 0 Å². The molecule has 0 saturated heterocycles. The smallest absolute Gasteiger partial charge is 0.317 e. The van der Waals surface area contributed by atoms with Gasteiger partial charge in [-0.1, -0.05) is 59.6 Å². The molecule has 1 atom stereocenters. The molecule has 0 spiro atoms. The van der Waals surface area contributed by atoms with Gasteiger partial charge in [0, 0.05) is 36.6 Å². The Labute approximate surface area is 169 Å². The quantitative estimate of drug-likeness (QED) is 0.713. The van der Waals surface area contributed by atoms with E-state index in [-0.39, 0.29) is 30.9 Å². The van der Waals surface area contributed by atoms with E-state index in [1.165, 1.54) is 0 Å². The summed E-state index contributed by atoms with van der Waals surface area (Å²) in [5.74, 6) is -0.167. The number of nitrogens with one attached hydrogen (secondary N) is 2. The molecule has 27 heavy (non-hydrogen) atoms. The van der Waals surface area contributed by atoms with Crippen molar-refractivity contribution in [3.63, 3.8) is 0 Å². The van der Waals surface area contributed by atoms with E-state index in [1.54, 1.807) is 30.1 Å². The van der Waals surface area contributed by atoms with Gasteiger partial charge in [0.15, 0.2) is 0 Å². The van der Waals surface area contributed by atoms with Gasteiger partial charge in [0.05, 0.1) is 6.04 Å². The number of nitrogens with zero attached hydrogens (tertiary/aromatic N) is 1. The minimum absolute atomic E-state index is 0.167. The molecule has 5 nitrogen and oxygen atoms in total. The molecule has 0 fully saturated rings. The highest BCUT2D eigenvalue weighted by Crippen LogP contribution is 2.26. The third-order valence-electron chi connectivity index (χ3n) is 4.04. The Morgan fingerprint density at radius 1 is 1.11 bits per heavy atom. The van der Waals surface area contributed by atoms with Crippen molar-refractivity contribution in [2.75, 3.05) is 13.6 Å². The predicted molar refractivity (Wildman–Crippen MR) is 109 cm³/mol. The van der Waals surface area contributed by atoms with Crippen molar-refractivity contribution in [2.24, 2.45) is 0 Å². The Kier molecular flexibility index (Phi) is 7.95. The van der Waals surface area contributed by atoms with Gasteiger partial charge >= 0.3 is 6.03 Å². The molecular formula is C20H23Cl2N3O2. The Hall–Kier alpha value is -2.24. The summed E-state index contributed by atoms with van der Waals surface area (Å²) in [6.45, 7) is 2.61. The summed E-state index contributed by atoms with van der Waals surface area (Å²) in [7, 11) is 1.72. The number of hydrogen-bond donors (Lipinski definition) is 2. The molecule has 3 amide bonds. The second-order valence-electron chi connectivity index (χ2n) is 6.28. The maximum atomic E-state index is 12.1. The van der Waals surface area contributed by atoms with Crippen LogP contribution in [0.15, 0.2) is 48.5 Å². The summed E-state index contributed by atoms with van der Waals surface area (Å²) in [5, 5.41) is 6.67. The van der Waals surface area contributed by atoms with Crippen molar-refractivity contribution in [1.82, 2.24) is 15.5 Å². The maximum absolute atomic E-state index is 12.1. The highest BCUT2D eigenvalue weighted by molar-refractivity contribution is 6.35. The lowest BCUT2D eigenvalue weighted by molar-refractivity contribution is -0.121. The van der Waals surface area contributed by atoms with Crippen molar-refractivity contribution < 1.29 is 9.59 Å². The molecule has 0 radical (unpaired) electrons. The number of carbonyl (C=O) groups excluding carboxylic acids is 2. The zero-order chi connectivity index (χ0) is 19.8. The lowest BCUT2D eigenvalue weighted by Gasteiger charge is -2.19. The van der Waals surface area contributed by atoms with Crippen LogP contribution in [0.5, 0.6) is 0 Å². The van der Waals surface area contributed by atoms with Gasteiger partial charge in [0.2, 0.25) is 5.91 Å². The van der Waals surface area contributed by atoms with Gasteiger partial charge in [-0.3, -0.25) is 4.79 Å². The van der Waals surface area contributed by atoms with Crippen molar-refractivity contribution in [2.45, 2.75) is 25.9 Å². The number of amides is 3. The first-order valence-corrected chi connectivity index (χ1v) is 9.39. The second-order valence-corrected chi connectivity index (χ2v) is 7.12. The average molecular weight is 408 g/mol. The fourth-order valence-electron chi connectivity index (χ4n) is 2.59. The lowest BCUT2D eigenvalue weighted by atomic mass is 10.1. The minimum Gasteiger partial charge on any atom is -0.349 e. The molecule has 0 heterocycles. The Balaban J connectivity index is 1.74. The second kappa shape index (κ2) is 10.2. The number of hydrogen-bond acceptors (Lipinski definition) is 2. The van der Waals surface area contributed by atoms with Gasteiger partial charge < -0.3 is 15.5 Å². The summed E-state index contributed by atoms with van der Waals surface area (Å²) >= 11 is 12.0. The third-order valence-corrected chi connectivity index (χ3v) is 4.61. The number of carbonyl (C=O) groups is 2. The molecule has 0 aliphatic rings. The molecular weight excluding hydrogens is 385 g/mol. The molecule has 0 aliphatic heterocycles. The monoisotopic (exact) mass is 407 g/mol. The van der Waals surface area contributed by atoms with Crippen molar-refractivity contribution >= 4 is 35.1 Å². The predicted octanol–water partition coefficient (Wildman–Crippen LogP) is 4.40. The molecule has 7 heteroatoms. The topological polar surface area (TPSA) is 61.4 Å². The largest absolute Gasteiger partial charge is 0.349 e. The van der Waals surface area contributed by atoms with E-state index in [2.05, 4.69) is 10.6 Å². The Bertz CT molecular complexity index is 784. The molecule has 2 aromatic carbocycles. The SMILES string of the molecule is CC(NC(=O)CCNC(=O)N(C)Cc1ccccc1)c1ccc(Cl)cc1Cl. The van der Waals surface area contributed by atoms with Gasteiger partial charge in [-0.25, -0.2) is 4.79 Å².